The number of amides is 1. The minimum atomic E-state index is -1.24. The number of rotatable bonds is 11. The lowest BCUT2D eigenvalue weighted by molar-refractivity contribution is 0.0781. The minimum Gasteiger partial charge on any atom is -0.490 e. The van der Waals surface area contributed by atoms with Gasteiger partial charge in [0.2, 0.25) is 0 Å². The molecule has 0 atom stereocenters. The van der Waals surface area contributed by atoms with Crippen LogP contribution in [-0.4, -0.2) is 53.4 Å². The number of pyridine rings is 1. The molecule has 2 aromatic carbocycles. The van der Waals surface area contributed by atoms with Gasteiger partial charge in [0.1, 0.15) is 24.4 Å². The van der Waals surface area contributed by atoms with Crippen molar-refractivity contribution >= 4 is 24.9 Å². The van der Waals surface area contributed by atoms with E-state index in [1.54, 1.807) is 47.2 Å². The summed E-state index contributed by atoms with van der Waals surface area (Å²) in [7, 11) is 0.483. The largest absolute Gasteiger partial charge is 0.490 e. The quantitative estimate of drug-likeness (QED) is 0.156. The van der Waals surface area contributed by atoms with Crippen molar-refractivity contribution in [3.8, 4) is 22.9 Å². The van der Waals surface area contributed by atoms with Crippen molar-refractivity contribution in [3.63, 3.8) is 0 Å². The third-order valence-electron chi connectivity index (χ3n) is 7.00. The topological polar surface area (TPSA) is 93.3 Å². The second kappa shape index (κ2) is 11.8. The second-order valence-electron chi connectivity index (χ2n) is 11.7. The van der Waals surface area contributed by atoms with Gasteiger partial charge in [-0.25, -0.2) is 14.1 Å². The van der Waals surface area contributed by atoms with Crippen molar-refractivity contribution in [1.82, 2.24) is 19.7 Å². The number of ether oxygens (including phenoxy) is 2. The van der Waals surface area contributed by atoms with Crippen LogP contribution in [0.5, 0.6) is 5.75 Å². The van der Waals surface area contributed by atoms with Crippen molar-refractivity contribution in [2.24, 2.45) is 0 Å². The fourth-order valence-electron chi connectivity index (χ4n) is 4.56. The number of carbonyl (C=O) groups is 1. The normalized spacial score (nSPS) is 13.3. The molecule has 1 saturated carbocycles. The zero-order valence-corrected chi connectivity index (χ0v) is 24.9. The fourth-order valence-corrected chi connectivity index (χ4v) is 5.32. The Balaban J connectivity index is 1.39. The van der Waals surface area contributed by atoms with Crippen molar-refractivity contribution in [2.75, 3.05) is 13.7 Å². The van der Waals surface area contributed by atoms with Gasteiger partial charge in [-0.3, -0.25) is 4.79 Å². The number of aromatic nitrogens is 3. The predicted molar refractivity (Wildman–Crippen MR) is 158 cm³/mol. The molecule has 4 aromatic rings. The van der Waals surface area contributed by atoms with Crippen molar-refractivity contribution in [2.45, 2.75) is 57.9 Å². The van der Waals surface area contributed by atoms with Crippen LogP contribution in [0.1, 0.15) is 34.5 Å². The standard InChI is InChI=1S/C31H34FN5O3Si/c1-36(19-23-17-34-28(16-33)27-18-35-37(30(23)27)20-39-12-13-41(2,3)4)31(38)22-8-11-26(21-6-5-7-24(32)14-21)29(15-22)40-25-9-10-25/h5-8,11,14-15,17-18,25H,9-10,12-13,19-20H2,1-4H3. The Labute approximate surface area is 240 Å². The van der Waals surface area contributed by atoms with Gasteiger partial charge in [-0.1, -0.05) is 31.8 Å². The first-order chi connectivity index (χ1) is 19.6. The molecular weight excluding hydrogens is 537 g/mol. The molecule has 1 amide bonds. The van der Waals surface area contributed by atoms with Gasteiger partial charge >= 0.3 is 0 Å². The summed E-state index contributed by atoms with van der Waals surface area (Å²) in [5.74, 6) is 0.0301. The number of fused-ring (bicyclic) bond motifs is 1. The monoisotopic (exact) mass is 571 g/mol. The summed E-state index contributed by atoms with van der Waals surface area (Å²) < 4.78 is 27.7. The van der Waals surface area contributed by atoms with Crippen LogP contribution < -0.4 is 4.74 Å². The number of hydrogen-bond donors (Lipinski definition) is 0. The molecule has 1 aliphatic rings. The van der Waals surface area contributed by atoms with Crippen molar-refractivity contribution in [3.05, 3.63) is 77.5 Å². The van der Waals surface area contributed by atoms with Crippen LogP contribution >= 0.6 is 0 Å². The Morgan fingerprint density at radius 2 is 2.00 bits per heavy atom. The lowest BCUT2D eigenvalue weighted by Gasteiger charge is -2.20. The van der Waals surface area contributed by atoms with Gasteiger partial charge in [-0.2, -0.15) is 10.4 Å². The molecule has 2 heterocycles. The van der Waals surface area contributed by atoms with E-state index in [4.69, 9.17) is 9.47 Å². The van der Waals surface area contributed by atoms with E-state index in [1.807, 2.05) is 12.1 Å². The Kier molecular flexibility index (Phi) is 8.19. The van der Waals surface area contributed by atoms with Crippen molar-refractivity contribution < 1.29 is 18.7 Å². The molecule has 1 aliphatic carbocycles. The summed E-state index contributed by atoms with van der Waals surface area (Å²) in [5, 5.41) is 14.7. The van der Waals surface area contributed by atoms with E-state index < -0.39 is 8.07 Å². The van der Waals surface area contributed by atoms with Crippen LogP contribution in [0.15, 0.2) is 54.9 Å². The van der Waals surface area contributed by atoms with Gasteiger partial charge in [0.05, 0.1) is 23.2 Å². The molecule has 1 fully saturated rings. The first-order valence-electron chi connectivity index (χ1n) is 13.8. The van der Waals surface area contributed by atoms with E-state index in [0.717, 1.165) is 35.5 Å². The third-order valence-corrected chi connectivity index (χ3v) is 8.70. The SMILES string of the molecule is CN(Cc1cnc(C#N)c2cnn(COCC[Si](C)(C)C)c12)C(=O)c1ccc(-c2cccc(F)c2)c(OC2CC2)c1. The maximum atomic E-state index is 13.9. The zero-order chi connectivity index (χ0) is 29.1. The van der Waals surface area contributed by atoms with Crippen LogP contribution in [0.2, 0.25) is 25.7 Å². The van der Waals surface area contributed by atoms with E-state index >= 15 is 0 Å². The third kappa shape index (κ3) is 6.81. The summed E-state index contributed by atoms with van der Waals surface area (Å²) in [6.07, 6.45) is 5.27. The Bertz CT molecular complexity index is 1620. The highest BCUT2D eigenvalue weighted by Gasteiger charge is 2.26. The van der Waals surface area contributed by atoms with Gasteiger partial charge in [0.15, 0.2) is 5.69 Å². The summed E-state index contributed by atoms with van der Waals surface area (Å²) in [5.41, 5.74) is 3.66. The van der Waals surface area contributed by atoms with Crippen LogP contribution in [0.25, 0.3) is 22.0 Å². The summed E-state index contributed by atoms with van der Waals surface area (Å²) in [6.45, 7) is 8.02. The summed E-state index contributed by atoms with van der Waals surface area (Å²) >= 11 is 0. The van der Waals surface area contributed by atoms with E-state index in [9.17, 15) is 14.4 Å². The predicted octanol–water partition coefficient (Wildman–Crippen LogP) is 6.23. The molecule has 8 nitrogen and oxygen atoms in total. The van der Waals surface area contributed by atoms with Crippen LogP contribution in [0.4, 0.5) is 4.39 Å². The average molecular weight is 572 g/mol. The first-order valence-corrected chi connectivity index (χ1v) is 17.5. The van der Waals surface area contributed by atoms with Gasteiger partial charge < -0.3 is 14.4 Å². The molecule has 2 aromatic heterocycles. The molecular formula is C31H34FN5O3Si. The molecule has 212 valence electrons. The molecule has 0 bridgehead atoms. The van der Waals surface area contributed by atoms with E-state index in [1.165, 1.54) is 12.1 Å². The summed E-state index contributed by atoms with van der Waals surface area (Å²) in [4.78, 5) is 19.5. The molecule has 0 radical (unpaired) electrons. The van der Waals surface area contributed by atoms with E-state index in [2.05, 4.69) is 35.8 Å². The number of nitrogens with zero attached hydrogens (tertiary/aromatic N) is 5. The maximum Gasteiger partial charge on any atom is 0.254 e. The smallest absolute Gasteiger partial charge is 0.254 e. The molecule has 41 heavy (non-hydrogen) atoms. The van der Waals surface area contributed by atoms with Crippen molar-refractivity contribution in [1.29, 1.82) is 5.26 Å². The highest BCUT2D eigenvalue weighted by molar-refractivity contribution is 6.76. The zero-order valence-electron chi connectivity index (χ0n) is 23.9. The fraction of sp³-hybridized carbons (Fsp3) is 0.355. The molecule has 0 saturated heterocycles. The average Bonchev–Trinajstić information content (AvgIpc) is 3.65. The number of hydrogen-bond acceptors (Lipinski definition) is 6. The Morgan fingerprint density at radius 1 is 1.20 bits per heavy atom. The van der Waals surface area contributed by atoms with Gasteiger partial charge in [-0.15, -0.1) is 0 Å². The van der Waals surface area contributed by atoms with Crippen LogP contribution in [-0.2, 0) is 18.0 Å². The second-order valence-corrected chi connectivity index (χ2v) is 17.3. The molecule has 10 heteroatoms. The molecule has 0 unspecified atom stereocenters. The van der Waals surface area contributed by atoms with Gasteiger partial charge in [-0.05, 0) is 54.8 Å². The van der Waals surface area contributed by atoms with Gasteiger partial charge in [0, 0.05) is 51.2 Å². The van der Waals surface area contributed by atoms with Crippen LogP contribution in [0, 0.1) is 17.1 Å². The highest BCUT2D eigenvalue weighted by Crippen LogP contribution is 2.36. The van der Waals surface area contributed by atoms with Crippen LogP contribution in [0.3, 0.4) is 0 Å². The van der Waals surface area contributed by atoms with E-state index in [-0.39, 0.29) is 36.8 Å². The number of halogens is 1. The maximum absolute atomic E-state index is 13.9. The highest BCUT2D eigenvalue weighted by atomic mass is 28.3. The molecule has 0 aliphatic heterocycles. The number of carbonyl (C=O) groups excluding carboxylic acids is 1. The van der Waals surface area contributed by atoms with Gasteiger partial charge in [0.25, 0.3) is 5.91 Å². The lowest BCUT2D eigenvalue weighted by Crippen LogP contribution is -2.27. The minimum absolute atomic E-state index is 0.108. The number of benzene rings is 2. The molecule has 5 rings (SSSR count). The Hall–Kier alpha value is -4.07. The summed E-state index contributed by atoms with van der Waals surface area (Å²) in [6, 6.07) is 14.8. The lowest BCUT2D eigenvalue weighted by atomic mass is 10.0. The first kappa shape index (κ1) is 28.5. The number of nitriles is 1. The molecule has 0 N–H and O–H groups in total. The van der Waals surface area contributed by atoms with E-state index in [0.29, 0.717) is 28.9 Å². The Morgan fingerprint density at radius 3 is 2.71 bits per heavy atom. The molecule has 0 spiro atoms.